The van der Waals surface area contributed by atoms with Gasteiger partial charge in [0.25, 0.3) is 5.91 Å². The molecule has 0 bridgehead atoms. The van der Waals surface area contributed by atoms with Crippen LogP contribution < -0.4 is 5.73 Å². The number of amides is 1. The van der Waals surface area contributed by atoms with E-state index < -0.39 is 5.91 Å². The molecule has 0 spiro atoms. The molecule has 5 nitrogen and oxygen atoms in total. The van der Waals surface area contributed by atoms with E-state index in [-0.39, 0.29) is 0 Å². The normalized spacial score (nSPS) is 13.5. The van der Waals surface area contributed by atoms with E-state index in [2.05, 4.69) is 33.8 Å². The highest BCUT2D eigenvalue weighted by molar-refractivity contribution is 14.1. The number of nitriles is 1. The summed E-state index contributed by atoms with van der Waals surface area (Å²) in [5.41, 5.74) is 9.37. The van der Waals surface area contributed by atoms with E-state index in [1.807, 2.05) is 12.1 Å². The van der Waals surface area contributed by atoms with Crippen molar-refractivity contribution in [2.24, 2.45) is 5.73 Å². The molecule has 1 aromatic heterocycles. The third-order valence-corrected chi connectivity index (χ3v) is 4.62. The Morgan fingerprint density at radius 2 is 2.14 bits per heavy atom. The van der Waals surface area contributed by atoms with E-state index in [0.717, 1.165) is 46.2 Å². The molecule has 106 valence electrons. The third-order valence-electron chi connectivity index (χ3n) is 3.73. The SMILES string of the molecule is N#Cc1ccc(-n2nc(C(N)=O)c3c2CCCC3)cc1I. The Morgan fingerprint density at radius 3 is 2.81 bits per heavy atom. The number of carbonyl (C=O) groups is 1. The van der Waals surface area contributed by atoms with Gasteiger partial charge >= 0.3 is 0 Å². The first-order valence-corrected chi connectivity index (χ1v) is 7.80. The van der Waals surface area contributed by atoms with E-state index in [1.54, 1.807) is 10.7 Å². The van der Waals surface area contributed by atoms with Crippen LogP contribution in [0.1, 0.15) is 40.2 Å². The minimum Gasteiger partial charge on any atom is -0.364 e. The van der Waals surface area contributed by atoms with Crippen LogP contribution >= 0.6 is 22.6 Å². The molecule has 3 rings (SSSR count). The van der Waals surface area contributed by atoms with Crippen molar-refractivity contribution in [3.05, 3.63) is 44.3 Å². The van der Waals surface area contributed by atoms with E-state index in [9.17, 15) is 4.79 Å². The number of hydrogen-bond acceptors (Lipinski definition) is 3. The number of nitrogens with two attached hydrogens (primary N) is 1. The van der Waals surface area contributed by atoms with Crippen LogP contribution in [-0.4, -0.2) is 15.7 Å². The van der Waals surface area contributed by atoms with E-state index in [1.165, 1.54) is 0 Å². The first-order chi connectivity index (χ1) is 10.1. The summed E-state index contributed by atoms with van der Waals surface area (Å²) < 4.78 is 2.67. The van der Waals surface area contributed by atoms with Crippen LogP contribution in [0.15, 0.2) is 18.2 Å². The maximum atomic E-state index is 11.6. The molecule has 0 fully saturated rings. The summed E-state index contributed by atoms with van der Waals surface area (Å²) in [4.78, 5) is 11.6. The van der Waals surface area contributed by atoms with Crippen LogP contribution in [0.3, 0.4) is 0 Å². The molecule has 2 aromatic rings. The third kappa shape index (κ3) is 2.42. The van der Waals surface area contributed by atoms with Crippen molar-refractivity contribution < 1.29 is 4.79 Å². The molecular formula is C15H13IN4O. The van der Waals surface area contributed by atoms with Crippen LogP contribution in [0.4, 0.5) is 0 Å². The highest BCUT2D eigenvalue weighted by atomic mass is 127. The molecular weight excluding hydrogens is 379 g/mol. The fourth-order valence-corrected chi connectivity index (χ4v) is 3.36. The van der Waals surface area contributed by atoms with Crippen LogP contribution in [0.5, 0.6) is 0 Å². The Kier molecular flexibility index (Phi) is 3.68. The zero-order valence-electron chi connectivity index (χ0n) is 11.3. The van der Waals surface area contributed by atoms with Crippen LogP contribution in [0.25, 0.3) is 5.69 Å². The Hall–Kier alpha value is -1.88. The lowest BCUT2D eigenvalue weighted by Crippen LogP contribution is -2.15. The van der Waals surface area contributed by atoms with Crippen LogP contribution in [0.2, 0.25) is 0 Å². The number of fused-ring (bicyclic) bond motifs is 1. The molecule has 1 aliphatic carbocycles. The summed E-state index contributed by atoms with van der Waals surface area (Å²) in [6.07, 6.45) is 3.89. The Bertz CT molecular complexity index is 773. The fourth-order valence-electron chi connectivity index (χ4n) is 2.74. The van der Waals surface area contributed by atoms with Gasteiger partial charge in [-0.1, -0.05) is 0 Å². The average molecular weight is 392 g/mol. The number of nitrogens with zero attached hydrogens (tertiary/aromatic N) is 3. The molecule has 2 N–H and O–H groups in total. The number of rotatable bonds is 2. The molecule has 0 saturated heterocycles. The van der Waals surface area contributed by atoms with Crippen LogP contribution in [0, 0.1) is 14.9 Å². The number of benzene rings is 1. The van der Waals surface area contributed by atoms with Gasteiger partial charge < -0.3 is 5.73 Å². The highest BCUT2D eigenvalue weighted by Gasteiger charge is 2.24. The summed E-state index contributed by atoms with van der Waals surface area (Å²) in [6.45, 7) is 0. The van der Waals surface area contributed by atoms with Crippen molar-refractivity contribution >= 4 is 28.5 Å². The second-order valence-corrected chi connectivity index (χ2v) is 6.20. The van der Waals surface area contributed by atoms with Crippen molar-refractivity contribution in [3.8, 4) is 11.8 Å². The van der Waals surface area contributed by atoms with Gasteiger partial charge in [-0.3, -0.25) is 4.79 Å². The minimum absolute atomic E-state index is 0.379. The summed E-state index contributed by atoms with van der Waals surface area (Å²) in [5.74, 6) is -0.477. The smallest absolute Gasteiger partial charge is 0.269 e. The Morgan fingerprint density at radius 1 is 1.38 bits per heavy atom. The van der Waals surface area contributed by atoms with Gasteiger partial charge in [0, 0.05) is 14.8 Å². The molecule has 1 aromatic carbocycles. The fraction of sp³-hybridized carbons (Fsp3) is 0.267. The lowest BCUT2D eigenvalue weighted by Gasteiger charge is -2.14. The summed E-state index contributed by atoms with van der Waals surface area (Å²) >= 11 is 2.13. The standard InChI is InChI=1S/C15H13IN4O/c16-12-7-10(6-5-9(12)8-17)20-13-4-2-1-3-11(13)14(19-20)15(18)21/h5-7H,1-4H2,(H2,18,21). The summed E-state index contributed by atoms with van der Waals surface area (Å²) in [7, 11) is 0. The Labute approximate surface area is 135 Å². The van der Waals surface area contributed by atoms with E-state index >= 15 is 0 Å². The molecule has 1 amide bonds. The van der Waals surface area contributed by atoms with Gasteiger partial charge in [-0.15, -0.1) is 0 Å². The van der Waals surface area contributed by atoms with Crippen LogP contribution in [-0.2, 0) is 12.8 Å². The molecule has 0 radical (unpaired) electrons. The van der Waals surface area contributed by atoms with Gasteiger partial charge in [0.05, 0.1) is 11.3 Å². The van der Waals surface area contributed by atoms with E-state index in [4.69, 9.17) is 11.0 Å². The van der Waals surface area contributed by atoms with Crippen molar-refractivity contribution in [2.45, 2.75) is 25.7 Å². The molecule has 1 aliphatic rings. The van der Waals surface area contributed by atoms with Gasteiger partial charge in [-0.2, -0.15) is 10.4 Å². The van der Waals surface area contributed by atoms with Gasteiger partial charge in [0.15, 0.2) is 5.69 Å². The predicted molar refractivity (Wildman–Crippen MR) is 86.2 cm³/mol. The molecule has 0 atom stereocenters. The lowest BCUT2D eigenvalue weighted by molar-refractivity contribution is 0.0994. The maximum absolute atomic E-state index is 11.6. The molecule has 0 aliphatic heterocycles. The average Bonchev–Trinajstić information content (AvgIpc) is 2.87. The summed E-state index contributed by atoms with van der Waals surface area (Å²) in [5, 5.41) is 13.4. The number of halogens is 1. The molecule has 0 saturated carbocycles. The maximum Gasteiger partial charge on any atom is 0.269 e. The van der Waals surface area contributed by atoms with Crippen molar-refractivity contribution in [1.29, 1.82) is 5.26 Å². The highest BCUT2D eigenvalue weighted by Crippen LogP contribution is 2.27. The zero-order valence-corrected chi connectivity index (χ0v) is 13.4. The number of primary amides is 1. The monoisotopic (exact) mass is 392 g/mol. The van der Waals surface area contributed by atoms with Gasteiger partial charge in [0.1, 0.15) is 6.07 Å². The zero-order chi connectivity index (χ0) is 15.0. The van der Waals surface area contributed by atoms with Crippen molar-refractivity contribution in [1.82, 2.24) is 9.78 Å². The predicted octanol–water partition coefficient (Wildman–Crippen LogP) is 2.33. The van der Waals surface area contributed by atoms with Crippen molar-refractivity contribution in [2.75, 3.05) is 0 Å². The van der Waals surface area contributed by atoms with Gasteiger partial charge in [-0.25, -0.2) is 4.68 Å². The number of aromatic nitrogens is 2. The molecule has 6 heteroatoms. The second kappa shape index (κ2) is 5.48. The molecule has 21 heavy (non-hydrogen) atoms. The lowest BCUT2D eigenvalue weighted by atomic mass is 9.95. The van der Waals surface area contributed by atoms with Crippen molar-refractivity contribution in [3.63, 3.8) is 0 Å². The van der Waals surface area contributed by atoms with Gasteiger partial charge in [-0.05, 0) is 66.5 Å². The van der Waals surface area contributed by atoms with Gasteiger partial charge in [0.2, 0.25) is 0 Å². The number of hydrogen-bond donors (Lipinski definition) is 1. The minimum atomic E-state index is -0.477. The Balaban J connectivity index is 2.17. The molecule has 0 unspecified atom stereocenters. The first-order valence-electron chi connectivity index (χ1n) is 6.72. The first kappa shape index (κ1) is 14.1. The largest absolute Gasteiger partial charge is 0.364 e. The summed E-state index contributed by atoms with van der Waals surface area (Å²) in [6, 6.07) is 7.69. The van der Waals surface area contributed by atoms with E-state index in [0.29, 0.717) is 11.3 Å². The topological polar surface area (TPSA) is 84.7 Å². The quantitative estimate of drug-likeness (QED) is 0.797. The second-order valence-electron chi connectivity index (χ2n) is 5.03. The number of carbonyl (C=O) groups excluding carboxylic acids is 1. The molecule has 1 heterocycles.